The molecule has 0 saturated carbocycles. The van der Waals surface area contributed by atoms with Crippen LogP contribution in [0, 0.1) is 0 Å². The van der Waals surface area contributed by atoms with Crippen LogP contribution in [0.15, 0.2) is 23.8 Å². The maximum Gasteiger partial charge on any atom is 0.412 e. The quantitative estimate of drug-likeness (QED) is 0.593. The molecule has 0 unspecified atom stereocenters. The van der Waals surface area contributed by atoms with Crippen LogP contribution in [0.3, 0.4) is 0 Å². The topological polar surface area (TPSA) is 57.6 Å². The molecule has 1 aliphatic rings. The average molecular weight is 249 g/mol. The first kappa shape index (κ1) is 13.3. The zero-order chi connectivity index (χ0) is 13.1. The second-order valence-electron chi connectivity index (χ2n) is 3.43. The van der Waals surface area contributed by atoms with Gasteiger partial charge in [0.05, 0.1) is 0 Å². The van der Waals surface area contributed by atoms with Crippen LogP contribution >= 0.6 is 0 Å². The Morgan fingerprint density at radius 2 is 2.00 bits per heavy atom. The first-order chi connectivity index (χ1) is 7.80. The molecule has 1 amide bonds. The fourth-order valence-electron chi connectivity index (χ4n) is 1.37. The Bertz CT molecular complexity index is 385. The molecule has 0 atom stereocenters. The fourth-order valence-corrected chi connectivity index (χ4v) is 1.37. The standard InChI is InChI=1S/C10H10F3NO3/c11-10(12,13)7-3-5-14(6-4-7)8(15)1-2-9(16)17/h1-3H,4-6H2,(H,16,17)/b2-1+. The van der Waals surface area contributed by atoms with Crippen molar-refractivity contribution in [3.05, 3.63) is 23.8 Å². The molecule has 0 bridgehead atoms. The second-order valence-corrected chi connectivity index (χ2v) is 3.43. The van der Waals surface area contributed by atoms with Gasteiger partial charge in [-0.05, 0) is 6.42 Å². The first-order valence-corrected chi connectivity index (χ1v) is 4.77. The van der Waals surface area contributed by atoms with Crippen LogP contribution in [0.4, 0.5) is 13.2 Å². The van der Waals surface area contributed by atoms with Gasteiger partial charge in [-0.15, -0.1) is 0 Å². The molecule has 0 spiro atoms. The summed E-state index contributed by atoms with van der Waals surface area (Å²) in [5, 5.41) is 8.29. The molecule has 0 saturated heterocycles. The number of hydrogen-bond donors (Lipinski definition) is 1. The number of alkyl halides is 3. The minimum atomic E-state index is -4.36. The number of nitrogens with zero attached hydrogens (tertiary/aromatic N) is 1. The van der Waals surface area contributed by atoms with E-state index in [1.165, 1.54) is 0 Å². The van der Waals surface area contributed by atoms with Gasteiger partial charge in [0.15, 0.2) is 0 Å². The van der Waals surface area contributed by atoms with E-state index in [1.54, 1.807) is 0 Å². The van der Waals surface area contributed by atoms with Gasteiger partial charge in [-0.1, -0.05) is 6.08 Å². The number of aliphatic carboxylic acids is 1. The Morgan fingerprint density at radius 3 is 2.41 bits per heavy atom. The maximum absolute atomic E-state index is 12.3. The molecule has 17 heavy (non-hydrogen) atoms. The fraction of sp³-hybridized carbons (Fsp3) is 0.400. The van der Waals surface area contributed by atoms with E-state index in [4.69, 9.17) is 5.11 Å². The Kier molecular flexibility index (Phi) is 3.93. The van der Waals surface area contributed by atoms with Crippen LogP contribution in [0.2, 0.25) is 0 Å². The molecule has 1 N–H and O–H groups in total. The lowest BCUT2D eigenvalue weighted by molar-refractivity contribution is -0.132. The molecule has 94 valence electrons. The van der Waals surface area contributed by atoms with E-state index in [1.807, 2.05) is 0 Å². The highest BCUT2D eigenvalue weighted by Crippen LogP contribution is 2.30. The molecular formula is C10H10F3NO3. The highest BCUT2D eigenvalue weighted by atomic mass is 19.4. The predicted molar refractivity (Wildman–Crippen MR) is 52.1 cm³/mol. The van der Waals surface area contributed by atoms with Gasteiger partial charge in [0.1, 0.15) is 0 Å². The molecular weight excluding hydrogens is 239 g/mol. The monoisotopic (exact) mass is 249 g/mol. The summed E-state index contributed by atoms with van der Waals surface area (Å²) in [5.41, 5.74) is -0.649. The van der Waals surface area contributed by atoms with E-state index >= 15 is 0 Å². The van der Waals surface area contributed by atoms with Crippen molar-refractivity contribution < 1.29 is 27.9 Å². The van der Waals surface area contributed by atoms with Gasteiger partial charge in [-0.2, -0.15) is 13.2 Å². The number of halogens is 3. The normalized spacial score (nSPS) is 17.1. The zero-order valence-corrected chi connectivity index (χ0v) is 8.70. The number of carbonyl (C=O) groups excluding carboxylic acids is 1. The van der Waals surface area contributed by atoms with Crippen molar-refractivity contribution in [2.24, 2.45) is 0 Å². The minimum Gasteiger partial charge on any atom is -0.478 e. The number of amides is 1. The molecule has 0 aromatic rings. The van der Waals surface area contributed by atoms with Gasteiger partial charge in [-0.25, -0.2) is 4.79 Å². The van der Waals surface area contributed by atoms with E-state index in [0.717, 1.165) is 17.1 Å². The van der Waals surface area contributed by atoms with E-state index < -0.39 is 23.6 Å². The summed E-state index contributed by atoms with van der Waals surface area (Å²) in [4.78, 5) is 22.6. The number of rotatable bonds is 2. The van der Waals surface area contributed by atoms with Crippen molar-refractivity contribution in [2.75, 3.05) is 13.1 Å². The van der Waals surface area contributed by atoms with Crippen LogP contribution in [0.1, 0.15) is 6.42 Å². The molecule has 1 heterocycles. The number of carboxylic acids is 1. The second kappa shape index (κ2) is 5.03. The Morgan fingerprint density at radius 1 is 1.35 bits per heavy atom. The van der Waals surface area contributed by atoms with E-state index in [-0.39, 0.29) is 19.5 Å². The number of carboxylic acid groups (broad SMARTS) is 1. The summed E-state index contributed by atoms with van der Waals surface area (Å²) in [6, 6.07) is 0. The summed E-state index contributed by atoms with van der Waals surface area (Å²) in [6.45, 7) is -0.216. The molecule has 0 aromatic heterocycles. The summed E-state index contributed by atoms with van der Waals surface area (Å²) < 4.78 is 36.8. The van der Waals surface area contributed by atoms with Gasteiger partial charge < -0.3 is 10.0 Å². The van der Waals surface area contributed by atoms with Gasteiger partial charge in [0.25, 0.3) is 0 Å². The highest BCUT2D eigenvalue weighted by molar-refractivity contribution is 5.94. The number of hydrogen-bond acceptors (Lipinski definition) is 2. The average Bonchev–Trinajstić information content (AvgIpc) is 2.25. The predicted octanol–water partition coefficient (Wildman–Crippen LogP) is 1.35. The third-order valence-corrected chi connectivity index (χ3v) is 2.25. The summed E-state index contributed by atoms with van der Waals surface area (Å²) >= 11 is 0. The lowest BCUT2D eigenvalue weighted by Crippen LogP contribution is -2.35. The molecule has 1 rings (SSSR count). The van der Waals surface area contributed by atoms with E-state index in [0.29, 0.717) is 6.08 Å². The molecule has 7 heteroatoms. The summed E-state index contributed by atoms with van der Waals surface area (Å²) in [7, 11) is 0. The van der Waals surface area contributed by atoms with Gasteiger partial charge in [-0.3, -0.25) is 4.79 Å². The van der Waals surface area contributed by atoms with Crippen LogP contribution in [-0.2, 0) is 9.59 Å². The lowest BCUT2D eigenvalue weighted by Gasteiger charge is -2.26. The molecule has 0 fully saturated rings. The number of carbonyl (C=O) groups is 2. The van der Waals surface area contributed by atoms with Gasteiger partial charge >= 0.3 is 12.1 Å². The van der Waals surface area contributed by atoms with Crippen LogP contribution in [-0.4, -0.2) is 41.1 Å². The van der Waals surface area contributed by atoms with Crippen molar-refractivity contribution in [1.82, 2.24) is 4.90 Å². The molecule has 0 aliphatic carbocycles. The van der Waals surface area contributed by atoms with Crippen molar-refractivity contribution in [3.8, 4) is 0 Å². The van der Waals surface area contributed by atoms with E-state index in [9.17, 15) is 22.8 Å². The largest absolute Gasteiger partial charge is 0.478 e. The Balaban J connectivity index is 2.60. The Labute approximate surface area is 95.0 Å². The zero-order valence-electron chi connectivity index (χ0n) is 8.70. The third kappa shape index (κ3) is 3.93. The molecule has 1 aliphatic heterocycles. The van der Waals surface area contributed by atoms with E-state index in [2.05, 4.69) is 0 Å². The molecule has 4 nitrogen and oxygen atoms in total. The lowest BCUT2D eigenvalue weighted by atomic mass is 10.1. The van der Waals surface area contributed by atoms with Crippen molar-refractivity contribution in [2.45, 2.75) is 12.6 Å². The third-order valence-electron chi connectivity index (χ3n) is 2.25. The summed E-state index contributed by atoms with van der Waals surface area (Å²) in [5.74, 6) is -1.88. The maximum atomic E-state index is 12.3. The molecule has 0 radical (unpaired) electrons. The summed E-state index contributed by atoms with van der Waals surface area (Å²) in [6.07, 6.45) is -2.20. The minimum absolute atomic E-state index is 0.0614. The van der Waals surface area contributed by atoms with Gasteiger partial charge in [0.2, 0.25) is 5.91 Å². The van der Waals surface area contributed by atoms with Crippen molar-refractivity contribution >= 4 is 11.9 Å². The van der Waals surface area contributed by atoms with Gasteiger partial charge in [0, 0.05) is 30.8 Å². The SMILES string of the molecule is O=C(O)/C=C/C(=O)N1CC=C(C(F)(F)F)CC1. The van der Waals surface area contributed by atoms with Crippen molar-refractivity contribution in [1.29, 1.82) is 0 Å². The highest BCUT2D eigenvalue weighted by Gasteiger charge is 2.35. The smallest absolute Gasteiger partial charge is 0.412 e. The van der Waals surface area contributed by atoms with Crippen LogP contribution in [0.25, 0.3) is 0 Å². The van der Waals surface area contributed by atoms with Crippen LogP contribution in [0.5, 0.6) is 0 Å². The molecule has 0 aromatic carbocycles. The Hall–Kier alpha value is -1.79. The van der Waals surface area contributed by atoms with Crippen LogP contribution < -0.4 is 0 Å². The van der Waals surface area contributed by atoms with Crippen molar-refractivity contribution in [3.63, 3.8) is 0 Å². The first-order valence-electron chi connectivity index (χ1n) is 4.77.